The molecular weight excluding hydrogens is 248 g/mol. The molecule has 0 fully saturated rings. The van der Waals surface area contributed by atoms with E-state index >= 15 is 0 Å². The van der Waals surface area contributed by atoms with Gasteiger partial charge in [0.2, 0.25) is 0 Å². The summed E-state index contributed by atoms with van der Waals surface area (Å²) in [5.74, 6) is 0. The Morgan fingerprint density at radius 3 is 3.00 bits per heavy atom. The monoisotopic (exact) mass is 260 g/mol. The first-order valence-electron chi connectivity index (χ1n) is 5.56. The normalized spacial score (nSPS) is 11.2. The molecule has 0 amide bonds. The Bertz CT molecular complexity index is 768. The average Bonchev–Trinajstić information content (AvgIpc) is 2.91. The van der Waals surface area contributed by atoms with E-state index in [0.29, 0.717) is 6.54 Å². The van der Waals surface area contributed by atoms with E-state index in [1.165, 1.54) is 11.3 Å². The van der Waals surface area contributed by atoms with E-state index in [0.717, 1.165) is 21.3 Å². The molecule has 0 aliphatic heterocycles. The minimum atomic E-state index is 0.0157. The molecule has 0 N–H and O–H groups in total. The number of hydrogen-bond acceptors (Lipinski definition) is 4. The van der Waals surface area contributed by atoms with Crippen LogP contribution in [0.25, 0.3) is 10.2 Å². The van der Waals surface area contributed by atoms with Crippen LogP contribution in [0.15, 0.2) is 28.9 Å². The van der Waals surface area contributed by atoms with Gasteiger partial charge >= 0.3 is 0 Å². The quantitative estimate of drug-likeness (QED) is 0.702. The molecule has 0 unspecified atom stereocenters. The van der Waals surface area contributed by atoms with Crippen LogP contribution in [0.4, 0.5) is 0 Å². The minimum absolute atomic E-state index is 0.0157. The van der Waals surface area contributed by atoms with Crippen LogP contribution >= 0.6 is 11.3 Å². The second kappa shape index (κ2) is 4.06. The third-order valence-electron chi connectivity index (χ3n) is 2.83. The highest BCUT2D eigenvalue weighted by Crippen LogP contribution is 2.19. The fourth-order valence-corrected chi connectivity index (χ4v) is 2.87. The molecule has 0 aliphatic carbocycles. The minimum Gasteiger partial charge on any atom is -0.293 e. The van der Waals surface area contributed by atoms with E-state index in [1.54, 1.807) is 21.8 Å². The van der Waals surface area contributed by atoms with Crippen molar-refractivity contribution >= 4 is 21.6 Å². The van der Waals surface area contributed by atoms with E-state index < -0.39 is 0 Å². The van der Waals surface area contributed by atoms with Gasteiger partial charge in [-0.1, -0.05) is 0 Å². The Labute approximate surface area is 107 Å². The first-order chi connectivity index (χ1) is 8.65. The fourth-order valence-electron chi connectivity index (χ4n) is 1.92. The molecule has 0 atom stereocenters. The average molecular weight is 260 g/mol. The summed E-state index contributed by atoms with van der Waals surface area (Å²) in [6.07, 6.45) is 5.27. The number of aryl methyl sites for hydroxylation is 2. The highest BCUT2D eigenvalue weighted by Gasteiger charge is 2.09. The Kier molecular flexibility index (Phi) is 2.52. The molecule has 6 heteroatoms. The second-order valence-electron chi connectivity index (χ2n) is 4.30. The van der Waals surface area contributed by atoms with Crippen LogP contribution < -0.4 is 5.56 Å². The second-order valence-corrected chi connectivity index (χ2v) is 5.18. The third kappa shape index (κ3) is 1.74. The number of rotatable bonds is 2. The molecule has 92 valence electrons. The van der Waals surface area contributed by atoms with Gasteiger partial charge in [-0.25, -0.2) is 4.98 Å². The lowest BCUT2D eigenvalue weighted by molar-refractivity contribution is 0.743. The van der Waals surface area contributed by atoms with Gasteiger partial charge in [0.1, 0.15) is 4.70 Å². The van der Waals surface area contributed by atoms with Gasteiger partial charge in [-0.2, -0.15) is 5.10 Å². The maximum atomic E-state index is 12.3. The van der Waals surface area contributed by atoms with Gasteiger partial charge in [-0.05, 0) is 17.9 Å². The maximum absolute atomic E-state index is 12.3. The van der Waals surface area contributed by atoms with E-state index in [1.807, 2.05) is 25.5 Å². The predicted octanol–water partition coefficient (Wildman–Crippen LogP) is 1.55. The molecule has 3 aromatic heterocycles. The van der Waals surface area contributed by atoms with E-state index in [2.05, 4.69) is 10.1 Å². The summed E-state index contributed by atoms with van der Waals surface area (Å²) in [6.45, 7) is 2.48. The predicted molar refractivity (Wildman–Crippen MR) is 70.9 cm³/mol. The van der Waals surface area contributed by atoms with Gasteiger partial charge < -0.3 is 0 Å². The lowest BCUT2D eigenvalue weighted by Crippen LogP contribution is -2.20. The van der Waals surface area contributed by atoms with Crippen LogP contribution in [0.2, 0.25) is 0 Å². The Balaban J connectivity index is 2.07. The summed E-state index contributed by atoms with van der Waals surface area (Å²) in [5, 5.41) is 6.06. The summed E-state index contributed by atoms with van der Waals surface area (Å²) in [6, 6.07) is 0. The third-order valence-corrected chi connectivity index (χ3v) is 3.91. The summed E-state index contributed by atoms with van der Waals surface area (Å²) >= 11 is 1.45. The molecule has 3 rings (SSSR count). The fraction of sp³-hybridized carbons (Fsp3) is 0.250. The number of thiophene rings is 1. The van der Waals surface area contributed by atoms with Crippen LogP contribution in [0.5, 0.6) is 0 Å². The van der Waals surface area contributed by atoms with Gasteiger partial charge in [0.25, 0.3) is 5.56 Å². The summed E-state index contributed by atoms with van der Waals surface area (Å²) < 4.78 is 4.07. The van der Waals surface area contributed by atoms with Crippen LogP contribution in [-0.2, 0) is 13.6 Å². The van der Waals surface area contributed by atoms with Crippen molar-refractivity contribution in [2.24, 2.45) is 7.05 Å². The first-order valence-corrected chi connectivity index (χ1v) is 6.44. The number of aromatic nitrogens is 4. The molecule has 0 spiro atoms. The van der Waals surface area contributed by atoms with Gasteiger partial charge in [0.15, 0.2) is 0 Å². The van der Waals surface area contributed by atoms with Crippen molar-refractivity contribution < 1.29 is 0 Å². The van der Waals surface area contributed by atoms with Crippen molar-refractivity contribution in [3.05, 3.63) is 45.6 Å². The maximum Gasteiger partial charge on any atom is 0.271 e. The standard InChI is InChI=1S/C12H12N4OS/c1-8-6-18-11-10(8)13-7-16(12(11)17)5-9-3-14-15(2)4-9/h3-4,6-7H,5H2,1-2H3. The van der Waals surface area contributed by atoms with Crippen molar-refractivity contribution in [2.75, 3.05) is 0 Å². The Morgan fingerprint density at radius 1 is 1.44 bits per heavy atom. The highest BCUT2D eigenvalue weighted by atomic mass is 32.1. The first kappa shape index (κ1) is 11.2. The zero-order valence-corrected chi connectivity index (χ0v) is 10.9. The summed E-state index contributed by atoms with van der Waals surface area (Å²) in [4.78, 5) is 16.6. The smallest absolute Gasteiger partial charge is 0.271 e. The molecule has 0 radical (unpaired) electrons. The van der Waals surface area contributed by atoms with Crippen LogP contribution in [0, 0.1) is 6.92 Å². The van der Waals surface area contributed by atoms with Gasteiger partial charge in [-0.15, -0.1) is 11.3 Å². The van der Waals surface area contributed by atoms with Crippen molar-refractivity contribution in [2.45, 2.75) is 13.5 Å². The molecular formula is C12H12N4OS. The molecule has 3 heterocycles. The Hall–Kier alpha value is -1.95. The Morgan fingerprint density at radius 2 is 2.28 bits per heavy atom. The van der Waals surface area contributed by atoms with Crippen molar-refractivity contribution in [3.63, 3.8) is 0 Å². The zero-order valence-electron chi connectivity index (χ0n) is 10.1. The zero-order chi connectivity index (χ0) is 12.7. The van der Waals surface area contributed by atoms with Crippen LogP contribution in [-0.4, -0.2) is 19.3 Å². The number of hydrogen-bond donors (Lipinski definition) is 0. The summed E-state index contributed by atoms with van der Waals surface area (Å²) in [7, 11) is 1.86. The molecule has 0 aromatic carbocycles. The van der Waals surface area contributed by atoms with Gasteiger partial charge in [0.05, 0.1) is 24.6 Å². The molecule has 5 nitrogen and oxygen atoms in total. The highest BCUT2D eigenvalue weighted by molar-refractivity contribution is 7.17. The molecule has 0 saturated carbocycles. The van der Waals surface area contributed by atoms with Crippen molar-refractivity contribution in [1.82, 2.24) is 19.3 Å². The van der Waals surface area contributed by atoms with E-state index in [9.17, 15) is 4.79 Å². The molecule has 18 heavy (non-hydrogen) atoms. The van der Waals surface area contributed by atoms with E-state index in [4.69, 9.17) is 0 Å². The van der Waals surface area contributed by atoms with Crippen LogP contribution in [0.1, 0.15) is 11.1 Å². The van der Waals surface area contributed by atoms with Gasteiger partial charge in [0, 0.05) is 18.8 Å². The molecule has 0 aliphatic rings. The van der Waals surface area contributed by atoms with E-state index in [-0.39, 0.29) is 5.56 Å². The topological polar surface area (TPSA) is 52.7 Å². The lowest BCUT2D eigenvalue weighted by Gasteiger charge is -2.02. The largest absolute Gasteiger partial charge is 0.293 e. The number of nitrogens with zero attached hydrogens (tertiary/aromatic N) is 4. The number of fused-ring (bicyclic) bond motifs is 1. The van der Waals surface area contributed by atoms with Crippen LogP contribution in [0.3, 0.4) is 0 Å². The molecule has 3 aromatic rings. The SMILES string of the molecule is Cc1csc2c(=O)n(Cc3cnn(C)c3)cnc12. The molecule has 0 bridgehead atoms. The molecule has 0 saturated heterocycles. The lowest BCUT2D eigenvalue weighted by atomic mass is 10.3. The van der Waals surface area contributed by atoms with Crippen molar-refractivity contribution in [1.29, 1.82) is 0 Å². The summed E-state index contributed by atoms with van der Waals surface area (Å²) in [5.41, 5.74) is 2.88. The van der Waals surface area contributed by atoms with Gasteiger partial charge in [-0.3, -0.25) is 14.0 Å². The van der Waals surface area contributed by atoms with Crippen molar-refractivity contribution in [3.8, 4) is 0 Å².